The van der Waals surface area contributed by atoms with Gasteiger partial charge in [0.25, 0.3) is 0 Å². The summed E-state index contributed by atoms with van der Waals surface area (Å²) in [5, 5.41) is 11.9. The lowest BCUT2D eigenvalue weighted by Gasteiger charge is -2.09. The number of benzene rings is 2. The fourth-order valence-corrected chi connectivity index (χ4v) is 3.57. The van der Waals surface area contributed by atoms with Crippen molar-refractivity contribution in [2.24, 2.45) is 7.05 Å². The summed E-state index contributed by atoms with van der Waals surface area (Å²) < 4.78 is 30.5. The molecule has 0 unspecified atom stereocenters. The highest BCUT2D eigenvalue weighted by Crippen LogP contribution is 2.30. The van der Waals surface area contributed by atoms with Gasteiger partial charge in [-0.1, -0.05) is 47.1 Å². The van der Waals surface area contributed by atoms with E-state index in [1.807, 2.05) is 18.2 Å². The van der Waals surface area contributed by atoms with Crippen LogP contribution in [0, 0.1) is 0 Å². The Kier molecular flexibility index (Phi) is 6.94. The molecule has 0 aliphatic carbocycles. The first kappa shape index (κ1) is 21.4. The third-order valence-electron chi connectivity index (χ3n) is 3.71. The zero-order valence-corrected chi connectivity index (χ0v) is 17.2. The number of halogens is 4. The first-order chi connectivity index (χ1) is 13.8. The van der Waals surface area contributed by atoms with Crippen molar-refractivity contribution in [3.63, 3.8) is 0 Å². The standard InChI is InChI=1S/C18H14Cl2F2N4O2S/c1-26-16(11-4-2-3-5-12(11)19)24-25-18(26)29-9-15(27)23-10-6-7-14(13(20)8-10)28-17(21)22/h2-8,17H,9H2,1H3,(H,23,27). The number of anilines is 1. The molecule has 1 aromatic heterocycles. The molecule has 152 valence electrons. The normalized spacial score (nSPS) is 11.0. The maximum absolute atomic E-state index is 12.3. The Labute approximate surface area is 179 Å². The molecular formula is C18H14Cl2F2N4O2S. The Hall–Kier alpha value is -2.36. The van der Waals surface area contributed by atoms with Crippen LogP contribution in [0.4, 0.5) is 14.5 Å². The molecule has 0 saturated heterocycles. The van der Waals surface area contributed by atoms with Gasteiger partial charge in [-0.2, -0.15) is 8.78 Å². The second kappa shape index (κ2) is 9.43. The maximum atomic E-state index is 12.3. The lowest BCUT2D eigenvalue weighted by molar-refractivity contribution is -0.113. The highest BCUT2D eigenvalue weighted by molar-refractivity contribution is 7.99. The minimum Gasteiger partial charge on any atom is -0.433 e. The molecule has 3 aromatic rings. The second-order valence-electron chi connectivity index (χ2n) is 5.71. The third-order valence-corrected chi connectivity index (χ3v) is 5.36. The van der Waals surface area contributed by atoms with Crippen molar-refractivity contribution >= 4 is 46.6 Å². The SMILES string of the molecule is Cn1c(SCC(=O)Nc2ccc(OC(F)F)c(Cl)c2)nnc1-c1ccccc1Cl. The number of rotatable bonds is 7. The Morgan fingerprint density at radius 3 is 2.66 bits per heavy atom. The molecule has 0 aliphatic heterocycles. The van der Waals surface area contributed by atoms with Gasteiger partial charge in [0.2, 0.25) is 5.91 Å². The van der Waals surface area contributed by atoms with Gasteiger partial charge in [-0.05, 0) is 30.3 Å². The summed E-state index contributed by atoms with van der Waals surface area (Å²) >= 11 is 13.3. The van der Waals surface area contributed by atoms with Crippen LogP contribution in [-0.4, -0.2) is 33.0 Å². The van der Waals surface area contributed by atoms with Crippen molar-refractivity contribution < 1.29 is 18.3 Å². The lowest BCUT2D eigenvalue weighted by Crippen LogP contribution is -2.14. The minimum absolute atomic E-state index is 0.0339. The average Bonchev–Trinajstić information content (AvgIpc) is 3.03. The van der Waals surface area contributed by atoms with E-state index in [-0.39, 0.29) is 22.4 Å². The fourth-order valence-electron chi connectivity index (χ4n) is 2.41. The van der Waals surface area contributed by atoms with Crippen molar-refractivity contribution in [2.75, 3.05) is 11.1 Å². The third kappa shape index (κ3) is 5.37. The largest absolute Gasteiger partial charge is 0.433 e. The van der Waals surface area contributed by atoms with Crippen molar-refractivity contribution in [3.8, 4) is 17.1 Å². The number of aromatic nitrogens is 3. The van der Waals surface area contributed by atoms with Crippen LogP contribution >= 0.6 is 35.0 Å². The van der Waals surface area contributed by atoms with Crippen molar-refractivity contribution in [1.29, 1.82) is 0 Å². The minimum atomic E-state index is -2.98. The molecule has 0 atom stereocenters. The van der Waals surface area contributed by atoms with Crippen LogP contribution in [-0.2, 0) is 11.8 Å². The summed E-state index contributed by atoms with van der Waals surface area (Å²) in [4.78, 5) is 12.2. The zero-order chi connectivity index (χ0) is 21.0. The highest BCUT2D eigenvalue weighted by Gasteiger charge is 2.15. The number of hydrogen-bond acceptors (Lipinski definition) is 5. The number of nitrogens with zero attached hydrogens (tertiary/aromatic N) is 3. The van der Waals surface area contributed by atoms with Crippen LogP contribution in [0.25, 0.3) is 11.4 Å². The smallest absolute Gasteiger partial charge is 0.387 e. The van der Waals surface area contributed by atoms with Crippen LogP contribution in [0.3, 0.4) is 0 Å². The summed E-state index contributed by atoms with van der Waals surface area (Å²) in [6.07, 6.45) is 0. The molecule has 6 nitrogen and oxygen atoms in total. The van der Waals surface area contributed by atoms with Gasteiger partial charge in [0, 0.05) is 18.3 Å². The second-order valence-corrected chi connectivity index (χ2v) is 7.46. The van der Waals surface area contributed by atoms with E-state index in [2.05, 4.69) is 20.3 Å². The molecule has 0 fully saturated rings. The quantitative estimate of drug-likeness (QED) is 0.497. The molecule has 0 bridgehead atoms. The Morgan fingerprint density at radius 2 is 1.97 bits per heavy atom. The Morgan fingerprint density at radius 1 is 1.21 bits per heavy atom. The summed E-state index contributed by atoms with van der Waals surface area (Å²) in [5.74, 6) is 0.150. The van der Waals surface area contributed by atoms with Crippen LogP contribution in [0.2, 0.25) is 10.0 Å². The first-order valence-corrected chi connectivity index (χ1v) is 9.90. The van der Waals surface area contributed by atoms with Crippen LogP contribution in [0.1, 0.15) is 0 Å². The highest BCUT2D eigenvalue weighted by atomic mass is 35.5. The van der Waals surface area contributed by atoms with Gasteiger partial charge in [-0.25, -0.2) is 0 Å². The Balaban J connectivity index is 1.62. The van der Waals surface area contributed by atoms with Crippen molar-refractivity contribution in [2.45, 2.75) is 11.8 Å². The molecule has 0 radical (unpaired) electrons. The average molecular weight is 459 g/mol. The monoisotopic (exact) mass is 458 g/mol. The van der Waals surface area contributed by atoms with Gasteiger partial charge in [-0.15, -0.1) is 10.2 Å². The van der Waals surface area contributed by atoms with E-state index in [9.17, 15) is 13.6 Å². The summed E-state index contributed by atoms with van der Waals surface area (Å²) in [5.41, 5.74) is 1.10. The predicted molar refractivity (Wildman–Crippen MR) is 109 cm³/mol. The van der Waals surface area contributed by atoms with E-state index in [0.29, 0.717) is 21.7 Å². The first-order valence-electron chi connectivity index (χ1n) is 8.16. The van der Waals surface area contributed by atoms with E-state index in [4.69, 9.17) is 23.2 Å². The number of thioether (sulfide) groups is 1. The van der Waals surface area contributed by atoms with E-state index in [1.54, 1.807) is 17.7 Å². The Bertz CT molecular complexity index is 1030. The topological polar surface area (TPSA) is 69.0 Å². The van der Waals surface area contributed by atoms with E-state index in [1.165, 1.54) is 30.0 Å². The summed E-state index contributed by atoms with van der Waals surface area (Å²) in [6, 6.07) is 11.3. The summed E-state index contributed by atoms with van der Waals surface area (Å²) in [6.45, 7) is -2.98. The molecule has 0 saturated carbocycles. The number of carbonyl (C=O) groups excluding carboxylic acids is 1. The number of ether oxygens (including phenoxy) is 1. The van der Waals surface area contributed by atoms with Crippen LogP contribution in [0.5, 0.6) is 5.75 Å². The van der Waals surface area contributed by atoms with Gasteiger partial charge in [-0.3, -0.25) is 4.79 Å². The van der Waals surface area contributed by atoms with Gasteiger partial charge in [0.05, 0.1) is 15.8 Å². The van der Waals surface area contributed by atoms with Gasteiger partial charge >= 0.3 is 6.61 Å². The van der Waals surface area contributed by atoms with Crippen LogP contribution < -0.4 is 10.1 Å². The molecule has 0 spiro atoms. The van der Waals surface area contributed by atoms with Gasteiger partial charge in [0.1, 0.15) is 5.75 Å². The number of hydrogen-bond donors (Lipinski definition) is 1. The molecule has 11 heteroatoms. The molecule has 1 amide bonds. The number of alkyl halides is 2. The van der Waals surface area contributed by atoms with Crippen molar-refractivity contribution in [3.05, 3.63) is 52.5 Å². The fraction of sp³-hybridized carbons (Fsp3) is 0.167. The van der Waals surface area contributed by atoms with Gasteiger partial charge in [0.15, 0.2) is 11.0 Å². The maximum Gasteiger partial charge on any atom is 0.387 e. The van der Waals surface area contributed by atoms with Gasteiger partial charge < -0.3 is 14.6 Å². The molecule has 2 aromatic carbocycles. The molecule has 0 aliphatic rings. The number of nitrogens with one attached hydrogen (secondary N) is 1. The molecule has 29 heavy (non-hydrogen) atoms. The number of amides is 1. The molecular weight excluding hydrogens is 445 g/mol. The molecule has 1 heterocycles. The lowest BCUT2D eigenvalue weighted by atomic mass is 10.2. The van der Waals surface area contributed by atoms with E-state index >= 15 is 0 Å². The predicted octanol–water partition coefficient (Wildman–Crippen LogP) is 5.12. The zero-order valence-electron chi connectivity index (χ0n) is 14.9. The molecule has 3 rings (SSSR count). The van der Waals surface area contributed by atoms with Crippen LogP contribution in [0.15, 0.2) is 47.6 Å². The summed E-state index contributed by atoms with van der Waals surface area (Å²) in [7, 11) is 1.78. The van der Waals surface area contributed by atoms with E-state index < -0.39 is 6.61 Å². The van der Waals surface area contributed by atoms with Crippen molar-refractivity contribution in [1.82, 2.24) is 14.8 Å². The van der Waals surface area contributed by atoms with E-state index in [0.717, 1.165) is 5.56 Å². The molecule has 1 N–H and O–H groups in total. The number of carbonyl (C=O) groups is 1.